The van der Waals surface area contributed by atoms with Gasteiger partial charge in [0.25, 0.3) is 0 Å². The summed E-state index contributed by atoms with van der Waals surface area (Å²) in [6, 6.07) is 6.08. The topological polar surface area (TPSA) is 39.7 Å². The summed E-state index contributed by atoms with van der Waals surface area (Å²) in [5.74, 6) is 1.59. The lowest BCUT2D eigenvalue weighted by molar-refractivity contribution is 0.183. The summed E-state index contributed by atoms with van der Waals surface area (Å²) < 4.78 is 16.2. The van der Waals surface area contributed by atoms with E-state index in [1.54, 1.807) is 14.2 Å². The third-order valence-corrected chi connectivity index (χ3v) is 3.05. The van der Waals surface area contributed by atoms with Gasteiger partial charge in [0.2, 0.25) is 0 Å². The third kappa shape index (κ3) is 7.34. The first-order chi connectivity index (χ1) is 9.96. The molecule has 0 spiro atoms. The Hall–Kier alpha value is -1.26. The molecule has 0 bridgehead atoms. The molecule has 0 unspecified atom stereocenters. The van der Waals surface area contributed by atoms with Crippen LogP contribution in [0.15, 0.2) is 18.2 Å². The molecule has 0 heterocycles. The van der Waals surface area contributed by atoms with Gasteiger partial charge in [-0.05, 0) is 51.3 Å². The maximum atomic E-state index is 5.84. The molecule has 120 valence electrons. The molecule has 0 saturated heterocycles. The molecule has 0 amide bonds. The van der Waals surface area contributed by atoms with Crippen LogP contribution in [0, 0.1) is 0 Å². The van der Waals surface area contributed by atoms with Crippen molar-refractivity contribution in [2.45, 2.75) is 45.7 Å². The first kappa shape index (κ1) is 17.8. The maximum Gasteiger partial charge on any atom is 0.161 e. The Morgan fingerprint density at radius 3 is 2.33 bits per heavy atom. The van der Waals surface area contributed by atoms with E-state index in [9.17, 15) is 0 Å². The molecule has 4 heteroatoms. The summed E-state index contributed by atoms with van der Waals surface area (Å²) >= 11 is 0. The normalized spacial score (nSPS) is 11.5. The number of nitrogens with one attached hydrogen (secondary N) is 1. The zero-order valence-corrected chi connectivity index (χ0v) is 14.0. The minimum atomic E-state index is 0.0983. The standard InChI is InChI=1S/C17H29NO3/c1-17(2,3)18-13-14-8-9-15(20-5)16(12-14)21-11-7-6-10-19-4/h8-9,12,18H,6-7,10-11,13H2,1-5H3. The Kier molecular flexibility index (Phi) is 7.54. The number of hydrogen-bond acceptors (Lipinski definition) is 4. The largest absolute Gasteiger partial charge is 0.493 e. The van der Waals surface area contributed by atoms with Crippen LogP contribution in [0.25, 0.3) is 0 Å². The number of hydrogen-bond donors (Lipinski definition) is 1. The van der Waals surface area contributed by atoms with E-state index in [1.807, 2.05) is 12.1 Å². The Morgan fingerprint density at radius 1 is 1.00 bits per heavy atom. The number of unbranched alkanes of at least 4 members (excludes halogenated alkanes) is 1. The SMILES string of the molecule is COCCCCOc1cc(CNC(C)(C)C)ccc1OC. The van der Waals surface area contributed by atoms with Gasteiger partial charge in [-0.2, -0.15) is 0 Å². The van der Waals surface area contributed by atoms with E-state index in [1.165, 1.54) is 5.56 Å². The van der Waals surface area contributed by atoms with Gasteiger partial charge in [-0.15, -0.1) is 0 Å². The second kappa shape index (κ2) is 8.90. The van der Waals surface area contributed by atoms with Gasteiger partial charge in [0.05, 0.1) is 13.7 Å². The van der Waals surface area contributed by atoms with Crippen LogP contribution < -0.4 is 14.8 Å². The zero-order chi connectivity index (χ0) is 15.7. The number of rotatable bonds is 9. The van der Waals surface area contributed by atoms with Crippen molar-refractivity contribution in [3.8, 4) is 11.5 Å². The van der Waals surface area contributed by atoms with Crippen molar-refractivity contribution in [2.24, 2.45) is 0 Å². The third-order valence-electron chi connectivity index (χ3n) is 3.05. The highest BCUT2D eigenvalue weighted by molar-refractivity contribution is 5.43. The molecule has 21 heavy (non-hydrogen) atoms. The number of ether oxygens (including phenoxy) is 3. The fourth-order valence-corrected chi connectivity index (χ4v) is 1.84. The van der Waals surface area contributed by atoms with Gasteiger partial charge in [-0.1, -0.05) is 6.07 Å². The molecule has 0 fully saturated rings. The van der Waals surface area contributed by atoms with E-state index in [0.29, 0.717) is 6.61 Å². The summed E-state index contributed by atoms with van der Waals surface area (Å²) in [7, 11) is 3.38. The summed E-state index contributed by atoms with van der Waals surface area (Å²) in [6.45, 7) is 8.73. The molecule has 0 radical (unpaired) electrons. The van der Waals surface area contributed by atoms with Crippen LogP contribution in [0.3, 0.4) is 0 Å². The Morgan fingerprint density at radius 2 is 1.71 bits per heavy atom. The Balaban J connectivity index is 2.58. The second-order valence-electron chi connectivity index (χ2n) is 6.14. The molecule has 0 atom stereocenters. The van der Waals surface area contributed by atoms with Gasteiger partial charge in [-0.25, -0.2) is 0 Å². The van der Waals surface area contributed by atoms with Gasteiger partial charge in [-0.3, -0.25) is 0 Å². The molecule has 1 rings (SSSR count). The Labute approximate surface area is 128 Å². The molecule has 0 aliphatic carbocycles. The highest BCUT2D eigenvalue weighted by Crippen LogP contribution is 2.28. The van der Waals surface area contributed by atoms with Gasteiger partial charge in [0, 0.05) is 25.8 Å². The molecular formula is C17H29NO3. The Bertz CT molecular complexity index is 413. The van der Waals surface area contributed by atoms with Crippen molar-refractivity contribution >= 4 is 0 Å². The first-order valence-corrected chi connectivity index (χ1v) is 7.50. The number of benzene rings is 1. The van der Waals surface area contributed by atoms with Crippen molar-refractivity contribution in [1.82, 2.24) is 5.32 Å². The molecule has 1 aromatic carbocycles. The van der Waals surface area contributed by atoms with Gasteiger partial charge in [0.1, 0.15) is 0 Å². The van der Waals surface area contributed by atoms with Gasteiger partial charge in [0.15, 0.2) is 11.5 Å². The van der Waals surface area contributed by atoms with Crippen LogP contribution in [-0.2, 0) is 11.3 Å². The lowest BCUT2D eigenvalue weighted by Gasteiger charge is -2.21. The molecule has 4 nitrogen and oxygen atoms in total. The minimum absolute atomic E-state index is 0.0983. The lowest BCUT2D eigenvalue weighted by atomic mass is 10.1. The fraction of sp³-hybridized carbons (Fsp3) is 0.647. The summed E-state index contributed by atoms with van der Waals surface area (Å²) in [5.41, 5.74) is 1.29. The fourth-order valence-electron chi connectivity index (χ4n) is 1.84. The van der Waals surface area contributed by atoms with Crippen LogP contribution in [0.5, 0.6) is 11.5 Å². The number of methoxy groups -OCH3 is 2. The highest BCUT2D eigenvalue weighted by atomic mass is 16.5. The van der Waals surface area contributed by atoms with E-state index >= 15 is 0 Å². The van der Waals surface area contributed by atoms with Crippen LogP contribution in [0.1, 0.15) is 39.2 Å². The summed E-state index contributed by atoms with van der Waals surface area (Å²) in [6.07, 6.45) is 1.98. The smallest absolute Gasteiger partial charge is 0.161 e. The zero-order valence-electron chi connectivity index (χ0n) is 14.0. The summed E-state index contributed by atoms with van der Waals surface area (Å²) in [4.78, 5) is 0. The second-order valence-corrected chi connectivity index (χ2v) is 6.14. The average molecular weight is 295 g/mol. The van der Waals surface area contributed by atoms with Crippen molar-refractivity contribution < 1.29 is 14.2 Å². The predicted octanol–water partition coefficient (Wildman–Crippen LogP) is 3.39. The highest BCUT2D eigenvalue weighted by Gasteiger charge is 2.10. The minimum Gasteiger partial charge on any atom is -0.493 e. The van der Waals surface area contributed by atoms with Crippen molar-refractivity contribution in [3.63, 3.8) is 0 Å². The molecule has 0 aliphatic heterocycles. The average Bonchev–Trinajstić information content (AvgIpc) is 2.44. The van der Waals surface area contributed by atoms with Crippen LogP contribution >= 0.6 is 0 Å². The quantitative estimate of drug-likeness (QED) is 0.709. The van der Waals surface area contributed by atoms with Crippen LogP contribution in [0.4, 0.5) is 0 Å². The predicted molar refractivity (Wildman–Crippen MR) is 86.2 cm³/mol. The van der Waals surface area contributed by atoms with E-state index < -0.39 is 0 Å². The van der Waals surface area contributed by atoms with Gasteiger partial charge >= 0.3 is 0 Å². The van der Waals surface area contributed by atoms with E-state index in [0.717, 1.165) is 37.5 Å². The maximum absolute atomic E-state index is 5.84. The molecule has 1 N–H and O–H groups in total. The molecule has 0 aliphatic rings. The van der Waals surface area contributed by atoms with Crippen molar-refractivity contribution in [3.05, 3.63) is 23.8 Å². The van der Waals surface area contributed by atoms with Crippen LogP contribution in [-0.4, -0.2) is 33.0 Å². The van der Waals surface area contributed by atoms with E-state index in [2.05, 4.69) is 32.2 Å². The molecule has 0 aromatic heterocycles. The van der Waals surface area contributed by atoms with Crippen molar-refractivity contribution in [1.29, 1.82) is 0 Å². The molecule has 1 aromatic rings. The molecule has 0 saturated carbocycles. The van der Waals surface area contributed by atoms with Crippen molar-refractivity contribution in [2.75, 3.05) is 27.4 Å². The van der Waals surface area contributed by atoms with E-state index in [-0.39, 0.29) is 5.54 Å². The van der Waals surface area contributed by atoms with Gasteiger partial charge < -0.3 is 19.5 Å². The van der Waals surface area contributed by atoms with E-state index in [4.69, 9.17) is 14.2 Å². The molecular weight excluding hydrogens is 266 g/mol. The summed E-state index contributed by atoms with van der Waals surface area (Å²) in [5, 5.41) is 3.47. The monoisotopic (exact) mass is 295 g/mol. The van der Waals surface area contributed by atoms with Crippen LogP contribution in [0.2, 0.25) is 0 Å². The first-order valence-electron chi connectivity index (χ1n) is 7.50. The lowest BCUT2D eigenvalue weighted by Crippen LogP contribution is -2.35.